The van der Waals surface area contributed by atoms with Crippen LogP contribution in [0, 0.1) is 0 Å². The molecule has 1 aromatic carbocycles. The minimum absolute atomic E-state index is 0. The van der Waals surface area contributed by atoms with Crippen LogP contribution in [0.2, 0.25) is 5.02 Å². The number of nitrogens with zero attached hydrogens (tertiary/aromatic N) is 3. The second-order valence-electron chi connectivity index (χ2n) is 7.46. The van der Waals surface area contributed by atoms with E-state index in [9.17, 15) is 8.42 Å². The third kappa shape index (κ3) is 5.95. The molecule has 1 atom stereocenters. The first-order valence-electron chi connectivity index (χ1n) is 8.67. The molecule has 9 heteroatoms. The number of halogens is 2. The third-order valence-corrected chi connectivity index (χ3v) is 7.67. The standard InChI is InChI=1S/C18H29ClN4O2S.HI/c1-18(2)13-23(10-11-26(18,24)25)17(20-3)21-12-16(22(4)5)14-6-8-15(19)9-7-14;/h6-9,16H,10-13H2,1-5H3,(H,20,21);1H. The summed E-state index contributed by atoms with van der Waals surface area (Å²) in [6.07, 6.45) is 0. The zero-order valence-electron chi connectivity index (χ0n) is 16.6. The van der Waals surface area contributed by atoms with Crippen molar-refractivity contribution in [3.63, 3.8) is 0 Å². The average Bonchev–Trinajstić information content (AvgIpc) is 2.55. The fourth-order valence-electron chi connectivity index (χ4n) is 3.13. The van der Waals surface area contributed by atoms with Gasteiger partial charge in [-0.3, -0.25) is 4.99 Å². The van der Waals surface area contributed by atoms with E-state index in [1.54, 1.807) is 20.9 Å². The van der Waals surface area contributed by atoms with E-state index in [4.69, 9.17) is 11.6 Å². The first-order valence-corrected chi connectivity index (χ1v) is 10.7. The summed E-state index contributed by atoms with van der Waals surface area (Å²) in [5, 5.41) is 4.12. The Morgan fingerprint density at radius 2 is 1.93 bits per heavy atom. The molecule has 1 aliphatic heterocycles. The highest BCUT2D eigenvalue weighted by atomic mass is 127. The van der Waals surface area contributed by atoms with Crippen LogP contribution in [0.15, 0.2) is 29.3 Å². The van der Waals surface area contributed by atoms with Crippen LogP contribution in [0.5, 0.6) is 0 Å². The summed E-state index contributed by atoms with van der Waals surface area (Å²) >= 11 is 5.99. The summed E-state index contributed by atoms with van der Waals surface area (Å²) in [6, 6.07) is 7.97. The maximum atomic E-state index is 12.2. The van der Waals surface area contributed by atoms with E-state index in [-0.39, 0.29) is 35.8 Å². The Balaban J connectivity index is 0.00000364. The summed E-state index contributed by atoms with van der Waals surface area (Å²) in [5.74, 6) is 0.878. The van der Waals surface area contributed by atoms with Crippen LogP contribution < -0.4 is 5.32 Å². The number of aliphatic imine (C=N–C) groups is 1. The van der Waals surface area contributed by atoms with Gasteiger partial charge in [-0.15, -0.1) is 24.0 Å². The smallest absolute Gasteiger partial charge is 0.193 e. The molecule has 1 aromatic rings. The second kappa shape index (κ2) is 9.76. The van der Waals surface area contributed by atoms with Crippen molar-refractivity contribution in [1.82, 2.24) is 15.1 Å². The predicted octanol–water partition coefficient (Wildman–Crippen LogP) is 2.65. The van der Waals surface area contributed by atoms with Gasteiger partial charge < -0.3 is 15.1 Å². The largest absolute Gasteiger partial charge is 0.354 e. The normalized spacial score (nSPS) is 20.1. The Bertz CT molecular complexity index is 751. The van der Waals surface area contributed by atoms with Crippen LogP contribution in [0.1, 0.15) is 25.5 Å². The van der Waals surface area contributed by atoms with Gasteiger partial charge >= 0.3 is 0 Å². The number of nitrogens with one attached hydrogen (secondary N) is 1. The molecule has 0 amide bonds. The molecule has 1 saturated heterocycles. The van der Waals surface area contributed by atoms with Crippen molar-refractivity contribution in [3.8, 4) is 0 Å². The number of benzene rings is 1. The molecule has 0 radical (unpaired) electrons. The quantitative estimate of drug-likeness (QED) is 0.370. The maximum Gasteiger partial charge on any atom is 0.193 e. The van der Waals surface area contributed by atoms with Gasteiger partial charge in [0.25, 0.3) is 0 Å². The number of hydrogen-bond donors (Lipinski definition) is 1. The molecule has 0 aliphatic carbocycles. The lowest BCUT2D eigenvalue weighted by Gasteiger charge is -2.39. The van der Waals surface area contributed by atoms with Gasteiger partial charge in [0.2, 0.25) is 0 Å². The highest BCUT2D eigenvalue weighted by Crippen LogP contribution is 2.24. The van der Waals surface area contributed by atoms with Crippen molar-refractivity contribution < 1.29 is 8.42 Å². The fraction of sp³-hybridized carbons (Fsp3) is 0.611. The monoisotopic (exact) mass is 528 g/mol. The summed E-state index contributed by atoms with van der Waals surface area (Å²) in [4.78, 5) is 8.52. The van der Waals surface area contributed by atoms with Gasteiger partial charge in [-0.1, -0.05) is 23.7 Å². The van der Waals surface area contributed by atoms with E-state index in [2.05, 4.69) is 15.2 Å². The summed E-state index contributed by atoms with van der Waals surface area (Å²) in [6.45, 7) is 5.10. The highest BCUT2D eigenvalue weighted by molar-refractivity contribution is 14.0. The molecule has 1 fully saturated rings. The Morgan fingerprint density at radius 1 is 1.33 bits per heavy atom. The van der Waals surface area contributed by atoms with Crippen LogP contribution >= 0.6 is 35.6 Å². The number of hydrogen-bond acceptors (Lipinski definition) is 4. The lowest BCUT2D eigenvalue weighted by atomic mass is 10.1. The maximum absolute atomic E-state index is 12.2. The molecular formula is C18H30ClIN4O2S. The van der Waals surface area contributed by atoms with E-state index in [1.807, 2.05) is 43.3 Å². The SMILES string of the molecule is CN=C(NCC(c1ccc(Cl)cc1)N(C)C)N1CCS(=O)(=O)C(C)(C)C1.I. The molecule has 154 valence electrons. The van der Waals surface area contributed by atoms with Crippen LogP contribution in [0.4, 0.5) is 0 Å². The molecule has 0 bridgehead atoms. The van der Waals surface area contributed by atoms with Crippen molar-refractivity contribution in [2.24, 2.45) is 4.99 Å². The van der Waals surface area contributed by atoms with E-state index < -0.39 is 14.6 Å². The van der Waals surface area contributed by atoms with Gasteiger partial charge in [-0.25, -0.2) is 8.42 Å². The number of likely N-dealkylation sites (N-methyl/N-ethyl adjacent to an activating group) is 1. The third-order valence-electron chi connectivity index (χ3n) is 4.89. The molecule has 1 heterocycles. The Labute approximate surface area is 185 Å². The van der Waals surface area contributed by atoms with Gasteiger partial charge in [0.05, 0.1) is 16.5 Å². The van der Waals surface area contributed by atoms with E-state index in [0.29, 0.717) is 24.7 Å². The van der Waals surface area contributed by atoms with Gasteiger partial charge in [-0.05, 0) is 45.6 Å². The van der Waals surface area contributed by atoms with Gasteiger partial charge in [0.1, 0.15) is 0 Å². The van der Waals surface area contributed by atoms with Crippen molar-refractivity contribution in [2.75, 3.05) is 46.5 Å². The number of rotatable bonds is 4. The molecule has 1 N–H and O–H groups in total. The Morgan fingerprint density at radius 3 is 2.41 bits per heavy atom. The Hall–Kier alpha value is -0.580. The van der Waals surface area contributed by atoms with E-state index in [1.165, 1.54) is 0 Å². The zero-order valence-corrected chi connectivity index (χ0v) is 20.5. The average molecular weight is 529 g/mol. The molecule has 1 aliphatic rings. The summed E-state index contributed by atoms with van der Waals surface area (Å²) < 4.78 is 23.7. The molecule has 27 heavy (non-hydrogen) atoms. The minimum Gasteiger partial charge on any atom is -0.354 e. The first-order chi connectivity index (χ1) is 12.1. The van der Waals surface area contributed by atoms with Crippen LogP contribution in [-0.2, 0) is 9.84 Å². The zero-order chi connectivity index (χ0) is 19.5. The fourth-order valence-corrected chi connectivity index (χ4v) is 4.62. The molecule has 0 aromatic heterocycles. The van der Waals surface area contributed by atoms with E-state index >= 15 is 0 Å². The molecule has 1 unspecified atom stereocenters. The number of sulfone groups is 1. The predicted molar refractivity (Wildman–Crippen MR) is 124 cm³/mol. The van der Waals surface area contributed by atoms with Gasteiger partial charge in [0.15, 0.2) is 15.8 Å². The molecule has 0 saturated carbocycles. The van der Waals surface area contributed by atoms with Gasteiger partial charge in [-0.2, -0.15) is 0 Å². The molecule has 2 rings (SSSR count). The van der Waals surface area contributed by atoms with Crippen molar-refractivity contribution in [3.05, 3.63) is 34.9 Å². The lowest BCUT2D eigenvalue weighted by molar-refractivity contribution is 0.291. The topological polar surface area (TPSA) is 65.0 Å². The van der Waals surface area contributed by atoms with Gasteiger partial charge in [0, 0.05) is 31.7 Å². The highest BCUT2D eigenvalue weighted by Gasteiger charge is 2.41. The summed E-state index contributed by atoms with van der Waals surface area (Å²) in [7, 11) is 2.71. The van der Waals surface area contributed by atoms with E-state index in [0.717, 1.165) is 11.5 Å². The lowest BCUT2D eigenvalue weighted by Crippen LogP contribution is -2.57. The number of guanidine groups is 1. The molecule has 6 nitrogen and oxygen atoms in total. The first kappa shape index (κ1) is 24.5. The molecule has 0 spiro atoms. The molecular weight excluding hydrogens is 499 g/mol. The summed E-state index contributed by atoms with van der Waals surface area (Å²) in [5.41, 5.74) is 1.16. The minimum atomic E-state index is -3.07. The van der Waals surface area contributed by atoms with Crippen LogP contribution in [-0.4, -0.2) is 75.5 Å². The van der Waals surface area contributed by atoms with Crippen molar-refractivity contribution in [2.45, 2.75) is 24.6 Å². The van der Waals surface area contributed by atoms with Crippen molar-refractivity contribution >= 4 is 51.4 Å². The van der Waals surface area contributed by atoms with Crippen LogP contribution in [0.25, 0.3) is 0 Å². The second-order valence-corrected chi connectivity index (χ2v) is 10.6. The van der Waals surface area contributed by atoms with Crippen molar-refractivity contribution in [1.29, 1.82) is 0 Å². The Kier molecular flexibility index (Phi) is 8.84. The van der Waals surface area contributed by atoms with Crippen LogP contribution in [0.3, 0.4) is 0 Å².